The third kappa shape index (κ3) is 4.64. The summed E-state index contributed by atoms with van der Waals surface area (Å²) in [4.78, 5) is 21.5. The molecule has 0 aromatic heterocycles. The number of rotatable bonds is 4. The summed E-state index contributed by atoms with van der Waals surface area (Å²) in [5.41, 5.74) is 0. The van der Waals surface area contributed by atoms with Gasteiger partial charge in [0.15, 0.2) is 0 Å². The molecule has 0 heterocycles. The first kappa shape index (κ1) is 13.0. The predicted molar refractivity (Wildman–Crippen MR) is 59.2 cm³/mol. The van der Waals surface area contributed by atoms with Crippen molar-refractivity contribution < 1.29 is 19.8 Å². The Kier molecular flexibility index (Phi) is 5.29. The van der Waals surface area contributed by atoms with Crippen LogP contribution in [0.2, 0.25) is 0 Å². The van der Waals surface area contributed by atoms with Gasteiger partial charge < -0.3 is 10.2 Å². The fourth-order valence-corrected chi connectivity index (χ4v) is 2.62. The molecule has 0 radical (unpaired) electrons. The fraction of sp³-hybridized carbons (Fsp3) is 0.833. The number of hydrogen-bond donors (Lipinski definition) is 2. The Bertz CT molecular complexity index is 223. The number of carbonyl (C=O) groups is 2. The normalized spacial score (nSPS) is 26.8. The number of carboxylic acid groups (broad SMARTS) is 2. The predicted octanol–water partition coefficient (Wildman–Crippen LogP) is 2.52. The van der Waals surface area contributed by atoms with Gasteiger partial charge >= 0.3 is 11.9 Å². The molecule has 0 amide bonds. The van der Waals surface area contributed by atoms with Crippen LogP contribution in [0, 0.1) is 11.8 Å². The van der Waals surface area contributed by atoms with Gasteiger partial charge in [0, 0.05) is 12.8 Å². The molecule has 0 bridgehead atoms. The molecule has 0 aliphatic heterocycles. The Labute approximate surface area is 95.7 Å². The first-order valence-corrected chi connectivity index (χ1v) is 6.03. The number of hydrogen-bond acceptors (Lipinski definition) is 2. The average molecular weight is 228 g/mol. The summed E-state index contributed by atoms with van der Waals surface area (Å²) in [7, 11) is 0. The van der Waals surface area contributed by atoms with E-state index >= 15 is 0 Å². The second-order valence-electron chi connectivity index (χ2n) is 4.71. The highest BCUT2D eigenvalue weighted by Gasteiger charge is 2.26. The molecule has 0 aromatic carbocycles. The highest BCUT2D eigenvalue weighted by Crippen LogP contribution is 2.32. The summed E-state index contributed by atoms with van der Waals surface area (Å²) in [5, 5.41) is 17.7. The summed E-state index contributed by atoms with van der Waals surface area (Å²) in [6.07, 6.45) is 6.35. The van der Waals surface area contributed by atoms with Crippen LogP contribution in [0.15, 0.2) is 0 Å². The van der Waals surface area contributed by atoms with Crippen molar-refractivity contribution >= 4 is 11.9 Å². The second-order valence-corrected chi connectivity index (χ2v) is 4.71. The molecule has 4 heteroatoms. The Hall–Kier alpha value is -1.06. The summed E-state index contributed by atoms with van der Waals surface area (Å²) < 4.78 is 0. The summed E-state index contributed by atoms with van der Waals surface area (Å²) >= 11 is 0. The molecule has 2 N–H and O–H groups in total. The van der Waals surface area contributed by atoms with E-state index in [1.165, 1.54) is 0 Å². The number of carboxylic acids is 2. The van der Waals surface area contributed by atoms with Crippen LogP contribution in [-0.2, 0) is 9.59 Å². The molecule has 1 saturated carbocycles. The monoisotopic (exact) mass is 228 g/mol. The molecule has 16 heavy (non-hydrogen) atoms. The van der Waals surface area contributed by atoms with Crippen LogP contribution in [0.4, 0.5) is 0 Å². The Balaban J connectivity index is 2.60. The van der Waals surface area contributed by atoms with Gasteiger partial charge in [-0.05, 0) is 24.7 Å². The van der Waals surface area contributed by atoms with Crippen LogP contribution in [0.5, 0.6) is 0 Å². The molecular weight excluding hydrogens is 208 g/mol. The maximum absolute atomic E-state index is 10.7. The molecule has 0 aromatic rings. The molecular formula is C12H20O4. The smallest absolute Gasteiger partial charge is 0.303 e. The standard InChI is InChI=1S/C12H20O4/c13-11(14)7-9-5-3-1-2-4-6-10(9)8-12(15)16/h9-10H,1-8H2,(H,13,14)(H,15,16). The maximum Gasteiger partial charge on any atom is 0.303 e. The van der Waals surface area contributed by atoms with E-state index in [9.17, 15) is 9.59 Å². The summed E-state index contributed by atoms with van der Waals surface area (Å²) in [6, 6.07) is 0. The van der Waals surface area contributed by atoms with Gasteiger partial charge in [-0.3, -0.25) is 9.59 Å². The average Bonchev–Trinajstić information content (AvgIpc) is 2.15. The van der Waals surface area contributed by atoms with Gasteiger partial charge in [0.2, 0.25) is 0 Å². The molecule has 1 fully saturated rings. The molecule has 0 spiro atoms. The van der Waals surface area contributed by atoms with Crippen molar-refractivity contribution in [3.8, 4) is 0 Å². The van der Waals surface area contributed by atoms with Crippen LogP contribution >= 0.6 is 0 Å². The van der Waals surface area contributed by atoms with Gasteiger partial charge in [-0.2, -0.15) is 0 Å². The minimum absolute atomic E-state index is 0.0499. The largest absolute Gasteiger partial charge is 0.481 e. The van der Waals surface area contributed by atoms with Crippen LogP contribution < -0.4 is 0 Å². The van der Waals surface area contributed by atoms with Crippen LogP contribution in [0.3, 0.4) is 0 Å². The van der Waals surface area contributed by atoms with Crippen molar-refractivity contribution in [2.75, 3.05) is 0 Å². The highest BCUT2D eigenvalue weighted by molar-refractivity contribution is 5.68. The van der Waals surface area contributed by atoms with E-state index in [1.54, 1.807) is 0 Å². The van der Waals surface area contributed by atoms with E-state index in [0.717, 1.165) is 38.5 Å². The lowest BCUT2D eigenvalue weighted by molar-refractivity contribution is -0.142. The lowest BCUT2D eigenvalue weighted by Crippen LogP contribution is -2.22. The Morgan fingerprint density at radius 2 is 1.19 bits per heavy atom. The molecule has 0 saturated heterocycles. The van der Waals surface area contributed by atoms with Crippen LogP contribution in [-0.4, -0.2) is 22.2 Å². The number of aliphatic carboxylic acids is 2. The van der Waals surface area contributed by atoms with Crippen molar-refractivity contribution in [1.82, 2.24) is 0 Å². The maximum atomic E-state index is 10.7. The van der Waals surface area contributed by atoms with Crippen molar-refractivity contribution in [3.05, 3.63) is 0 Å². The molecule has 4 nitrogen and oxygen atoms in total. The lowest BCUT2D eigenvalue weighted by Gasteiger charge is -2.27. The third-order valence-electron chi connectivity index (χ3n) is 3.44. The van der Waals surface area contributed by atoms with E-state index < -0.39 is 11.9 Å². The Morgan fingerprint density at radius 3 is 1.50 bits per heavy atom. The minimum Gasteiger partial charge on any atom is -0.481 e. The third-order valence-corrected chi connectivity index (χ3v) is 3.44. The van der Waals surface area contributed by atoms with Gasteiger partial charge in [0.05, 0.1) is 0 Å². The highest BCUT2D eigenvalue weighted by atomic mass is 16.4. The van der Waals surface area contributed by atoms with E-state index in [4.69, 9.17) is 10.2 Å². The fourth-order valence-electron chi connectivity index (χ4n) is 2.62. The summed E-state index contributed by atoms with van der Waals surface area (Å²) in [6.45, 7) is 0. The van der Waals surface area contributed by atoms with Crippen LogP contribution in [0.25, 0.3) is 0 Å². The molecule has 1 aliphatic carbocycles. The van der Waals surface area contributed by atoms with E-state index in [0.29, 0.717) is 0 Å². The zero-order chi connectivity index (χ0) is 12.0. The molecule has 92 valence electrons. The van der Waals surface area contributed by atoms with E-state index in [1.807, 2.05) is 0 Å². The van der Waals surface area contributed by atoms with Crippen molar-refractivity contribution in [3.63, 3.8) is 0 Å². The van der Waals surface area contributed by atoms with Crippen LogP contribution in [0.1, 0.15) is 51.4 Å². The summed E-state index contributed by atoms with van der Waals surface area (Å²) in [5.74, 6) is -1.51. The van der Waals surface area contributed by atoms with Gasteiger partial charge in [0.1, 0.15) is 0 Å². The van der Waals surface area contributed by atoms with Gasteiger partial charge in [0.25, 0.3) is 0 Å². The Morgan fingerprint density at radius 1 is 0.812 bits per heavy atom. The molecule has 1 rings (SSSR count). The zero-order valence-corrected chi connectivity index (χ0v) is 9.52. The van der Waals surface area contributed by atoms with E-state index in [-0.39, 0.29) is 24.7 Å². The minimum atomic E-state index is -0.805. The van der Waals surface area contributed by atoms with Crippen molar-refractivity contribution in [2.24, 2.45) is 11.8 Å². The second kappa shape index (κ2) is 6.51. The van der Waals surface area contributed by atoms with Gasteiger partial charge in [-0.25, -0.2) is 0 Å². The van der Waals surface area contributed by atoms with Crippen molar-refractivity contribution in [1.29, 1.82) is 0 Å². The quantitative estimate of drug-likeness (QED) is 0.775. The van der Waals surface area contributed by atoms with Crippen molar-refractivity contribution in [2.45, 2.75) is 51.4 Å². The van der Waals surface area contributed by atoms with Gasteiger partial charge in [-0.15, -0.1) is 0 Å². The first-order valence-electron chi connectivity index (χ1n) is 6.03. The SMILES string of the molecule is O=C(O)CC1CCCCCCC1CC(=O)O. The molecule has 2 atom stereocenters. The molecule has 2 unspecified atom stereocenters. The lowest BCUT2D eigenvalue weighted by atomic mass is 9.78. The topological polar surface area (TPSA) is 74.6 Å². The molecule has 1 aliphatic rings. The zero-order valence-electron chi connectivity index (χ0n) is 9.52. The van der Waals surface area contributed by atoms with Gasteiger partial charge in [-0.1, -0.05) is 25.7 Å². The first-order chi connectivity index (χ1) is 7.59. The van der Waals surface area contributed by atoms with E-state index in [2.05, 4.69) is 0 Å².